The van der Waals surface area contributed by atoms with Crippen molar-refractivity contribution in [2.24, 2.45) is 17.8 Å². The lowest BCUT2D eigenvalue weighted by Gasteiger charge is -2.42. The molecule has 3 rings (SSSR count). The van der Waals surface area contributed by atoms with Gasteiger partial charge >= 0.3 is 0 Å². The number of carbonyl (C=O) groups is 1. The SMILES string of the molecule is Cc1nc(NC(=O)CC(C2CCC2)C2CCC2)[nH]c1C. The molecule has 1 amide bonds. The number of aryl methyl sites for hydroxylation is 2. The van der Waals surface area contributed by atoms with Crippen LogP contribution in [0.5, 0.6) is 0 Å². The second-order valence-electron chi connectivity index (χ2n) is 6.59. The zero-order chi connectivity index (χ0) is 14.1. The monoisotopic (exact) mass is 275 g/mol. The molecule has 0 aliphatic heterocycles. The molecule has 110 valence electrons. The highest BCUT2D eigenvalue weighted by Gasteiger charge is 2.37. The van der Waals surface area contributed by atoms with E-state index in [4.69, 9.17) is 0 Å². The normalized spacial score (nSPS) is 19.8. The van der Waals surface area contributed by atoms with Gasteiger partial charge in [0.15, 0.2) is 0 Å². The maximum atomic E-state index is 12.3. The van der Waals surface area contributed by atoms with E-state index in [0.29, 0.717) is 18.3 Å². The topological polar surface area (TPSA) is 57.8 Å². The van der Waals surface area contributed by atoms with Crippen LogP contribution in [0.3, 0.4) is 0 Å². The second-order valence-corrected chi connectivity index (χ2v) is 6.59. The number of hydrogen-bond donors (Lipinski definition) is 2. The lowest BCUT2D eigenvalue weighted by atomic mass is 9.63. The smallest absolute Gasteiger partial charge is 0.226 e. The molecule has 0 atom stereocenters. The van der Waals surface area contributed by atoms with E-state index in [1.165, 1.54) is 38.5 Å². The van der Waals surface area contributed by atoms with Crippen molar-refractivity contribution in [2.45, 2.75) is 58.8 Å². The predicted octanol–water partition coefficient (Wildman–Crippen LogP) is 3.57. The maximum Gasteiger partial charge on any atom is 0.226 e. The molecule has 2 aliphatic carbocycles. The van der Waals surface area contributed by atoms with Crippen LogP contribution in [0, 0.1) is 31.6 Å². The van der Waals surface area contributed by atoms with Gasteiger partial charge in [0.05, 0.1) is 5.69 Å². The van der Waals surface area contributed by atoms with E-state index in [9.17, 15) is 4.79 Å². The first kappa shape index (κ1) is 13.7. The summed E-state index contributed by atoms with van der Waals surface area (Å²) in [7, 11) is 0. The molecule has 4 nitrogen and oxygen atoms in total. The van der Waals surface area contributed by atoms with Gasteiger partial charge in [0, 0.05) is 12.1 Å². The van der Waals surface area contributed by atoms with E-state index < -0.39 is 0 Å². The number of anilines is 1. The lowest BCUT2D eigenvalue weighted by molar-refractivity contribution is -0.118. The van der Waals surface area contributed by atoms with E-state index in [1.807, 2.05) is 13.8 Å². The number of H-pyrrole nitrogens is 1. The van der Waals surface area contributed by atoms with Gasteiger partial charge in [0.25, 0.3) is 0 Å². The van der Waals surface area contributed by atoms with Crippen LogP contribution in [0.4, 0.5) is 5.95 Å². The first-order chi connectivity index (χ1) is 9.63. The van der Waals surface area contributed by atoms with Crippen LogP contribution in [-0.2, 0) is 4.79 Å². The number of hydrogen-bond acceptors (Lipinski definition) is 2. The van der Waals surface area contributed by atoms with Gasteiger partial charge in [-0.25, -0.2) is 4.98 Å². The highest BCUT2D eigenvalue weighted by molar-refractivity contribution is 5.89. The average Bonchev–Trinajstić information content (AvgIpc) is 2.52. The minimum atomic E-state index is 0.127. The Labute approximate surface area is 120 Å². The maximum absolute atomic E-state index is 12.3. The van der Waals surface area contributed by atoms with Crippen molar-refractivity contribution in [3.63, 3.8) is 0 Å². The van der Waals surface area contributed by atoms with Crippen molar-refractivity contribution < 1.29 is 4.79 Å². The van der Waals surface area contributed by atoms with Crippen LogP contribution in [-0.4, -0.2) is 15.9 Å². The fourth-order valence-corrected chi connectivity index (χ4v) is 3.46. The van der Waals surface area contributed by atoms with Crippen molar-refractivity contribution in [3.05, 3.63) is 11.4 Å². The van der Waals surface area contributed by atoms with Gasteiger partial charge in [-0.2, -0.15) is 0 Å². The Bertz CT molecular complexity index is 452. The van der Waals surface area contributed by atoms with Gasteiger partial charge < -0.3 is 4.98 Å². The number of aromatic amines is 1. The second kappa shape index (κ2) is 5.58. The van der Waals surface area contributed by atoms with E-state index in [0.717, 1.165) is 23.2 Å². The molecule has 4 heteroatoms. The van der Waals surface area contributed by atoms with Gasteiger partial charge in [-0.05, 0) is 31.6 Å². The number of nitrogens with zero attached hydrogens (tertiary/aromatic N) is 1. The molecule has 0 unspecified atom stereocenters. The highest BCUT2D eigenvalue weighted by atomic mass is 16.1. The Morgan fingerprint density at radius 3 is 2.25 bits per heavy atom. The van der Waals surface area contributed by atoms with Crippen LogP contribution in [0.25, 0.3) is 0 Å². The minimum absolute atomic E-state index is 0.127. The molecule has 1 heterocycles. The van der Waals surface area contributed by atoms with Crippen molar-refractivity contribution in [1.82, 2.24) is 9.97 Å². The summed E-state index contributed by atoms with van der Waals surface area (Å²) in [6.45, 7) is 3.93. The van der Waals surface area contributed by atoms with Gasteiger partial charge in [-0.15, -0.1) is 0 Å². The first-order valence-electron chi connectivity index (χ1n) is 7.96. The quantitative estimate of drug-likeness (QED) is 0.863. The molecule has 2 N–H and O–H groups in total. The Balaban J connectivity index is 1.58. The molecule has 20 heavy (non-hydrogen) atoms. The van der Waals surface area contributed by atoms with Gasteiger partial charge in [-0.3, -0.25) is 10.1 Å². The summed E-state index contributed by atoms with van der Waals surface area (Å²) in [4.78, 5) is 19.7. The Morgan fingerprint density at radius 2 is 1.85 bits per heavy atom. The number of imidazole rings is 1. The molecule has 0 spiro atoms. The van der Waals surface area contributed by atoms with Crippen molar-refractivity contribution in [1.29, 1.82) is 0 Å². The Morgan fingerprint density at radius 1 is 1.25 bits per heavy atom. The van der Waals surface area contributed by atoms with E-state index in [1.54, 1.807) is 0 Å². The predicted molar refractivity (Wildman–Crippen MR) is 79.5 cm³/mol. The fraction of sp³-hybridized carbons (Fsp3) is 0.750. The number of rotatable bonds is 5. The molecule has 0 aromatic carbocycles. The number of carbonyl (C=O) groups excluding carboxylic acids is 1. The standard InChI is InChI=1S/C16H25N3O/c1-10-11(2)18-16(17-10)19-15(20)9-14(12-5-3-6-12)13-7-4-8-13/h12-14H,3-9H2,1-2H3,(H2,17,18,19,20). The molecule has 0 saturated heterocycles. The van der Waals surface area contributed by atoms with E-state index in [-0.39, 0.29) is 5.91 Å². The van der Waals surface area contributed by atoms with Crippen LogP contribution in [0.2, 0.25) is 0 Å². The van der Waals surface area contributed by atoms with Gasteiger partial charge in [0.1, 0.15) is 0 Å². The van der Waals surface area contributed by atoms with Crippen molar-refractivity contribution >= 4 is 11.9 Å². The van der Waals surface area contributed by atoms with E-state index in [2.05, 4.69) is 15.3 Å². The number of aromatic nitrogens is 2. The van der Waals surface area contributed by atoms with Gasteiger partial charge in [0.2, 0.25) is 11.9 Å². The summed E-state index contributed by atoms with van der Waals surface area (Å²) in [5.41, 5.74) is 1.98. The molecule has 0 bridgehead atoms. The van der Waals surface area contributed by atoms with Crippen LogP contribution in [0.1, 0.15) is 56.3 Å². The summed E-state index contributed by atoms with van der Waals surface area (Å²) >= 11 is 0. The minimum Gasteiger partial charge on any atom is -0.328 e. The average molecular weight is 275 g/mol. The molecule has 0 radical (unpaired) electrons. The Kier molecular flexibility index (Phi) is 3.81. The van der Waals surface area contributed by atoms with E-state index >= 15 is 0 Å². The molecular formula is C16H25N3O. The molecule has 1 aromatic rings. The summed E-state index contributed by atoms with van der Waals surface area (Å²) in [6, 6.07) is 0. The number of amides is 1. The third kappa shape index (κ3) is 2.74. The highest BCUT2D eigenvalue weighted by Crippen LogP contribution is 2.46. The summed E-state index contributed by atoms with van der Waals surface area (Å²) in [6.07, 6.45) is 8.69. The summed E-state index contributed by atoms with van der Waals surface area (Å²) < 4.78 is 0. The van der Waals surface area contributed by atoms with Crippen molar-refractivity contribution in [3.8, 4) is 0 Å². The fourth-order valence-electron chi connectivity index (χ4n) is 3.46. The first-order valence-corrected chi connectivity index (χ1v) is 7.96. The lowest BCUT2D eigenvalue weighted by Crippen LogP contribution is -2.35. The summed E-state index contributed by atoms with van der Waals surface area (Å²) in [5, 5.41) is 2.93. The van der Waals surface area contributed by atoms with Crippen LogP contribution >= 0.6 is 0 Å². The zero-order valence-electron chi connectivity index (χ0n) is 12.5. The Hall–Kier alpha value is -1.32. The molecule has 2 saturated carbocycles. The van der Waals surface area contributed by atoms with Gasteiger partial charge in [-0.1, -0.05) is 38.5 Å². The third-order valence-electron chi connectivity index (χ3n) is 5.32. The zero-order valence-corrected chi connectivity index (χ0v) is 12.5. The number of nitrogens with one attached hydrogen (secondary N) is 2. The summed E-state index contributed by atoms with van der Waals surface area (Å²) in [5.74, 6) is 2.93. The third-order valence-corrected chi connectivity index (χ3v) is 5.32. The molecular weight excluding hydrogens is 250 g/mol. The largest absolute Gasteiger partial charge is 0.328 e. The van der Waals surface area contributed by atoms with Crippen molar-refractivity contribution in [2.75, 3.05) is 5.32 Å². The molecule has 1 aromatic heterocycles. The van der Waals surface area contributed by atoms with Crippen LogP contribution < -0.4 is 5.32 Å². The molecule has 2 fully saturated rings. The molecule has 2 aliphatic rings. The van der Waals surface area contributed by atoms with Crippen LogP contribution in [0.15, 0.2) is 0 Å².